The van der Waals surface area contributed by atoms with E-state index in [0.29, 0.717) is 6.54 Å². The summed E-state index contributed by atoms with van der Waals surface area (Å²) in [5, 5.41) is 0. The number of nitrogens with one attached hydrogen (secondary N) is 1. The number of hydrogen-bond acceptors (Lipinski definition) is 3. The zero-order valence-electron chi connectivity index (χ0n) is 11.2. The van der Waals surface area contributed by atoms with Crippen molar-refractivity contribution in [1.82, 2.24) is 10.3 Å². The molecule has 1 rings (SSSR count). The van der Waals surface area contributed by atoms with Gasteiger partial charge in [0, 0.05) is 6.54 Å². The van der Waals surface area contributed by atoms with Gasteiger partial charge in [-0.25, -0.2) is 5.84 Å². The molecule has 0 aliphatic rings. The molecule has 0 bridgehead atoms. The Morgan fingerprint density at radius 1 is 1.33 bits per heavy atom. The van der Waals surface area contributed by atoms with Crippen LogP contribution < -0.4 is 11.3 Å². The Kier molecular flexibility index (Phi) is 6.39. The van der Waals surface area contributed by atoms with Gasteiger partial charge in [-0.15, -0.1) is 0 Å². The van der Waals surface area contributed by atoms with Gasteiger partial charge in [0.05, 0.1) is 5.92 Å². The van der Waals surface area contributed by atoms with E-state index in [2.05, 4.69) is 24.2 Å². The molecule has 0 heterocycles. The van der Waals surface area contributed by atoms with Crippen LogP contribution in [0.25, 0.3) is 0 Å². The number of hydrogen-bond donors (Lipinski definition) is 2. The number of nitrogens with two attached hydrogens (primary N) is 1. The van der Waals surface area contributed by atoms with Gasteiger partial charge in [0.2, 0.25) is 5.91 Å². The highest BCUT2D eigenvalue weighted by Crippen LogP contribution is 2.17. The summed E-state index contributed by atoms with van der Waals surface area (Å²) in [7, 11) is 0. The first kappa shape index (κ1) is 14.7. The number of carbonyl (C=O) groups is 1. The minimum Gasteiger partial charge on any atom is -0.302 e. The van der Waals surface area contributed by atoms with Crippen molar-refractivity contribution >= 4 is 5.91 Å². The van der Waals surface area contributed by atoms with Crippen molar-refractivity contribution in [3.05, 3.63) is 35.9 Å². The van der Waals surface area contributed by atoms with Gasteiger partial charge in [-0.2, -0.15) is 0 Å². The van der Waals surface area contributed by atoms with Gasteiger partial charge in [-0.1, -0.05) is 44.2 Å². The topological polar surface area (TPSA) is 58.4 Å². The summed E-state index contributed by atoms with van der Waals surface area (Å²) in [6, 6.07) is 9.79. The second-order valence-corrected chi connectivity index (χ2v) is 4.37. The molecule has 4 heteroatoms. The Labute approximate surface area is 109 Å². The molecule has 18 heavy (non-hydrogen) atoms. The Hall–Kier alpha value is -1.39. The molecular weight excluding hydrogens is 226 g/mol. The number of nitrogens with zero attached hydrogens (tertiary/aromatic N) is 1. The summed E-state index contributed by atoms with van der Waals surface area (Å²) in [6.45, 7) is 6.89. The summed E-state index contributed by atoms with van der Waals surface area (Å²) in [6.07, 6.45) is 1.08. The zero-order valence-corrected chi connectivity index (χ0v) is 11.2. The summed E-state index contributed by atoms with van der Waals surface area (Å²) in [5.74, 6) is 4.95. The van der Waals surface area contributed by atoms with Crippen molar-refractivity contribution in [2.24, 2.45) is 5.84 Å². The lowest BCUT2D eigenvalue weighted by Crippen LogP contribution is -2.40. The van der Waals surface area contributed by atoms with Gasteiger partial charge >= 0.3 is 0 Å². The van der Waals surface area contributed by atoms with Crippen LogP contribution in [0, 0.1) is 0 Å². The van der Waals surface area contributed by atoms with E-state index < -0.39 is 0 Å². The second kappa shape index (κ2) is 7.84. The van der Waals surface area contributed by atoms with E-state index in [-0.39, 0.29) is 11.8 Å². The minimum absolute atomic E-state index is 0.129. The highest BCUT2D eigenvalue weighted by atomic mass is 16.2. The number of carbonyl (C=O) groups excluding carboxylic acids is 1. The Morgan fingerprint density at radius 2 is 2.00 bits per heavy atom. The molecule has 1 aromatic rings. The molecule has 0 aromatic heterocycles. The van der Waals surface area contributed by atoms with Crippen LogP contribution in [-0.2, 0) is 4.79 Å². The molecule has 3 N–H and O–H groups in total. The Bertz CT molecular complexity index is 353. The van der Waals surface area contributed by atoms with Crippen molar-refractivity contribution < 1.29 is 4.79 Å². The summed E-state index contributed by atoms with van der Waals surface area (Å²) < 4.78 is 0. The maximum absolute atomic E-state index is 11.9. The van der Waals surface area contributed by atoms with Crippen molar-refractivity contribution in [2.45, 2.75) is 26.2 Å². The van der Waals surface area contributed by atoms with Crippen LogP contribution >= 0.6 is 0 Å². The van der Waals surface area contributed by atoms with E-state index in [1.54, 1.807) is 0 Å². The van der Waals surface area contributed by atoms with Gasteiger partial charge in [0.15, 0.2) is 0 Å². The summed E-state index contributed by atoms with van der Waals surface area (Å²) in [4.78, 5) is 14.2. The van der Waals surface area contributed by atoms with Crippen LogP contribution in [0.5, 0.6) is 0 Å². The molecule has 0 aliphatic heterocycles. The molecule has 1 unspecified atom stereocenters. The highest BCUT2D eigenvalue weighted by molar-refractivity contribution is 5.83. The molecule has 0 spiro atoms. The van der Waals surface area contributed by atoms with Crippen LogP contribution in [0.15, 0.2) is 30.3 Å². The lowest BCUT2D eigenvalue weighted by atomic mass is 9.97. The van der Waals surface area contributed by atoms with E-state index in [4.69, 9.17) is 5.84 Å². The van der Waals surface area contributed by atoms with Crippen molar-refractivity contribution in [2.75, 3.05) is 19.6 Å². The number of hydrazine groups is 1. The second-order valence-electron chi connectivity index (χ2n) is 4.37. The van der Waals surface area contributed by atoms with Crippen LogP contribution in [-0.4, -0.2) is 30.4 Å². The number of amides is 1. The van der Waals surface area contributed by atoms with Crippen molar-refractivity contribution in [3.8, 4) is 0 Å². The molecule has 0 aliphatic carbocycles. The van der Waals surface area contributed by atoms with Gasteiger partial charge in [-0.05, 0) is 25.1 Å². The van der Waals surface area contributed by atoms with E-state index in [1.165, 1.54) is 0 Å². The van der Waals surface area contributed by atoms with E-state index in [1.807, 2.05) is 30.3 Å². The monoisotopic (exact) mass is 249 g/mol. The van der Waals surface area contributed by atoms with Crippen LogP contribution in [0.4, 0.5) is 0 Å². The maximum atomic E-state index is 11.9. The number of likely N-dealkylation sites (N-methyl/N-ethyl adjacent to an activating group) is 1. The summed E-state index contributed by atoms with van der Waals surface area (Å²) in [5.41, 5.74) is 3.28. The highest BCUT2D eigenvalue weighted by Gasteiger charge is 2.21. The first-order valence-electron chi connectivity index (χ1n) is 6.50. The van der Waals surface area contributed by atoms with E-state index in [9.17, 15) is 4.79 Å². The molecule has 100 valence electrons. The van der Waals surface area contributed by atoms with Crippen LogP contribution in [0.1, 0.15) is 31.7 Å². The van der Waals surface area contributed by atoms with Gasteiger partial charge < -0.3 is 4.90 Å². The first-order chi connectivity index (χ1) is 8.72. The molecule has 0 fully saturated rings. The molecule has 0 saturated heterocycles. The minimum atomic E-state index is -0.206. The van der Waals surface area contributed by atoms with Crippen molar-refractivity contribution in [1.29, 1.82) is 0 Å². The molecule has 1 amide bonds. The number of rotatable bonds is 7. The van der Waals surface area contributed by atoms with Gasteiger partial charge in [0.25, 0.3) is 0 Å². The Morgan fingerprint density at radius 3 is 2.50 bits per heavy atom. The smallest absolute Gasteiger partial charge is 0.242 e. The molecule has 0 radical (unpaired) electrons. The SMILES string of the molecule is CCCN(CC)CC(C(=O)NN)c1ccccc1. The largest absolute Gasteiger partial charge is 0.302 e. The van der Waals surface area contributed by atoms with E-state index in [0.717, 1.165) is 25.1 Å². The third kappa shape index (κ3) is 4.13. The van der Waals surface area contributed by atoms with Crippen LogP contribution in [0.2, 0.25) is 0 Å². The lowest BCUT2D eigenvalue weighted by Gasteiger charge is -2.25. The number of benzene rings is 1. The maximum Gasteiger partial charge on any atom is 0.242 e. The molecule has 4 nitrogen and oxygen atoms in total. The van der Waals surface area contributed by atoms with Gasteiger partial charge in [0.1, 0.15) is 0 Å². The standard InChI is InChI=1S/C14H23N3O/c1-3-10-17(4-2)11-13(14(18)16-15)12-8-6-5-7-9-12/h5-9,13H,3-4,10-11,15H2,1-2H3,(H,16,18). The fourth-order valence-corrected chi connectivity index (χ4v) is 2.08. The normalized spacial score (nSPS) is 12.4. The average Bonchev–Trinajstić information content (AvgIpc) is 2.43. The predicted octanol–water partition coefficient (Wildman–Crippen LogP) is 1.49. The molecule has 1 atom stereocenters. The fourth-order valence-electron chi connectivity index (χ4n) is 2.08. The summed E-state index contributed by atoms with van der Waals surface area (Å²) >= 11 is 0. The Balaban J connectivity index is 2.82. The van der Waals surface area contributed by atoms with E-state index >= 15 is 0 Å². The molecule has 0 saturated carbocycles. The lowest BCUT2D eigenvalue weighted by molar-refractivity contribution is -0.123. The first-order valence-corrected chi connectivity index (χ1v) is 6.50. The zero-order chi connectivity index (χ0) is 13.4. The quantitative estimate of drug-likeness (QED) is 0.437. The molecular formula is C14H23N3O. The molecule has 1 aromatic carbocycles. The third-order valence-electron chi connectivity index (χ3n) is 3.09. The fraction of sp³-hybridized carbons (Fsp3) is 0.500. The van der Waals surface area contributed by atoms with Crippen molar-refractivity contribution in [3.63, 3.8) is 0 Å². The average molecular weight is 249 g/mol. The van der Waals surface area contributed by atoms with Gasteiger partial charge in [-0.3, -0.25) is 10.2 Å². The van der Waals surface area contributed by atoms with Crippen LogP contribution in [0.3, 0.4) is 0 Å². The third-order valence-corrected chi connectivity index (χ3v) is 3.09. The predicted molar refractivity (Wildman–Crippen MR) is 73.9 cm³/mol.